The van der Waals surface area contributed by atoms with E-state index in [1.54, 1.807) is 37.4 Å². The van der Waals surface area contributed by atoms with E-state index in [1.807, 2.05) is 6.08 Å². The second-order valence-corrected chi connectivity index (χ2v) is 6.57. The van der Waals surface area contributed by atoms with E-state index in [-0.39, 0.29) is 11.8 Å². The van der Waals surface area contributed by atoms with E-state index in [2.05, 4.69) is 10.3 Å². The minimum Gasteiger partial charge on any atom is -0.496 e. The second-order valence-electron chi connectivity index (χ2n) is 6.57. The highest BCUT2D eigenvalue weighted by molar-refractivity contribution is 5.95. The van der Waals surface area contributed by atoms with E-state index in [0.717, 1.165) is 0 Å². The third-order valence-corrected chi connectivity index (χ3v) is 4.87. The van der Waals surface area contributed by atoms with Crippen LogP contribution in [-0.2, 0) is 4.79 Å². The number of methoxy groups -OCH3 is 4. The zero-order chi connectivity index (χ0) is 21.7. The molecular weight excluding hydrogens is 388 g/mol. The Morgan fingerprint density at radius 3 is 2.23 bits per heavy atom. The molecule has 0 spiro atoms. The first kappa shape index (κ1) is 21.2. The number of carbonyl (C=O) groups is 2. The third-order valence-electron chi connectivity index (χ3n) is 4.87. The number of amides is 2. The molecular formula is C22H24N2O6. The zero-order valence-electron chi connectivity index (χ0n) is 17.4. The fraction of sp³-hybridized carbons (Fsp3) is 0.318. The van der Waals surface area contributed by atoms with Crippen LogP contribution in [0, 0.1) is 5.92 Å². The molecule has 2 amide bonds. The number of nitrogens with one attached hydrogen (secondary N) is 1. The molecule has 1 aliphatic rings. The van der Waals surface area contributed by atoms with Crippen LogP contribution in [0.3, 0.4) is 0 Å². The van der Waals surface area contributed by atoms with Crippen molar-refractivity contribution in [3.05, 3.63) is 46.5 Å². The first-order chi connectivity index (χ1) is 14.5. The van der Waals surface area contributed by atoms with Crippen molar-refractivity contribution in [2.45, 2.75) is 6.42 Å². The van der Waals surface area contributed by atoms with Gasteiger partial charge in [0.25, 0.3) is 11.8 Å². The summed E-state index contributed by atoms with van der Waals surface area (Å²) in [5.41, 5.74) is 0.438. The first-order valence-electron chi connectivity index (χ1n) is 9.38. The van der Waals surface area contributed by atoms with Gasteiger partial charge in [0, 0.05) is 17.3 Å². The zero-order valence-corrected chi connectivity index (χ0v) is 17.4. The molecule has 1 N–H and O–H groups in total. The summed E-state index contributed by atoms with van der Waals surface area (Å²) in [6.07, 6.45) is 2.22. The number of hydrogen-bond acceptors (Lipinski definition) is 6. The van der Waals surface area contributed by atoms with E-state index in [0.29, 0.717) is 52.1 Å². The van der Waals surface area contributed by atoms with Crippen LogP contribution in [0.2, 0.25) is 0 Å². The molecule has 0 fully saturated rings. The number of carbonyl (C=O) groups excluding carboxylic acids is 2. The largest absolute Gasteiger partial charge is 0.496 e. The maximum atomic E-state index is 12.5. The molecule has 1 heterocycles. The molecule has 1 aliphatic heterocycles. The van der Waals surface area contributed by atoms with Gasteiger partial charge in [-0.15, -0.1) is 0 Å². The molecule has 8 nitrogen and oxygen atoms in total. The molecule has 8 heteroatoms. The summed E-state index contributed by atoms with van der Waals surface area (Å²) in [6, 6.07) is 8.41. The van der Waals surface area contributed by atoms with Crippen LogP contribution in [-0.4, -0.2) is 46.8 Å². The highest BCUT2D eigenvalue weighted by atomic mass is 16.5. The Bertz CT molecular complexity index is 1080. The Balaban J connectivity index is 1.72. The number of hydrogen-bond donors (Lipinski definition) is 1. The monoisotopic (exact) mass is 412 g/mol. The minimum atomic E-state index is -0.468. The molecule has 1 atom stereocenters. The molecule has 0 aromatic heterocycles. The average molecular weight is 412 g/mol. The lowest BCUT2D eigenvalue weighted by molar-refractivity contribution is -0.120. The topological polar surface area (TPSA) is 95.5 Å². The molecule has 0 aliphatic carbocycles. The summed E-state index contributed by atoms with van der Waals surface area (Å²) in [5.74, 6) is 1.12. The summed E-state index contributed by atoms with van der Waals surface area (Å²) in [6.45, 7) is 0.303. The number of fused-ring (bicyclic) bond motifs is 1. The van der Waals surface area contributed by atoms with Crippen LogP contribution in [0.25, 0.3) is 6.08 Å². The average Bonchev–Trinajstić information content (AvgIpc) is 2.78. The molecule has 0 saturated heterocycles. The lowest BCUT2D eigenvalue weighted by Gasteiger charge is -2.15. The molecule has 0 radical (unpaired) electrons. The molecule has 0 saturated carbocycles. The first-order valence-corrected chi connectivity index (χ1v) is 9.38. The van der Waals surface area contributed by atoms with E-state index in [4.69, 9.17) is 18.9 Å². The fourth-order valence-electron chi connectivity index (χ4n) is 3.28. The number of rotatable bonds is 8. The van der Waals surface area contributed by atoms with Gasteiger partial charge in [-0.05, 0) is 36.8 Å². The molecule has 2 aromatic rings. The minimum absolute atomic E-state index is 0.268. The van der Waals surface area contributed by atoms with Gasteiger partial charge in [-0.1, -0.05) is 6.08 Å². The van der Waals surface area contributed by atoms with Gasteiger partial charge in [0.1, 0.15) is 16.9 Å². The molecule has 3 rings (SSSR count). The van der Waals surface area contributed by atoms with Crippen molar-refractivity contribution < 1.29 is 28.5 Å². The van der Waals surface area contributed by atoms with Gasteiger partial charge >= 0.3 is 0 Å². The third kappa shape index (κ3) is 4.22. The van der Waals surface area contributed by atoms with Gasteiger partial charge in [-0.3, -0.25) is 9.59 Å². The molecule has 2 aromatic carbocycles. The second kappa shape index (κ2) is 9.30. The molecule has 0 bridgehead atoms. The Morgan fingerprint density at radius 1 is 0.933 bits per heavy atom. The van der Waals surface area contributed by atoms with Crippen LogP contribution in [0.1, 0.15) is 16.8 Å². The van der Waals surface area contributed by atoms with Crippen molar-refractivity contribution in [2.24, 2.45) is 10.9 Å². The van der Waals surface area contributed by atoms with Gasteiger partial charge in [-0.2, -0.15) is 0 Å². The van der Waals surface area contributed by atoms with Crippen molar-refractivity contribution in [1.82, 2.24) is 5.32 Å². The van der Waals surface area contributed by atoms with Crippen LogP contribution in [0.5, 0.6) is 23.0 Å². The maximum absolute atomic E-state index is 12.5. The van der Waals surface area contributed by atoms with Gasteiger partial charge in [0.2, 0.25) is 0 Å². The van der Waals surface area contributed by atoms with Crippen LogP contribution >= 0.6 is 0 Å². The van der Waals surface area contributed by atoms with Crippen molar-refractivity contribution in [2.75, 3.05) is 35.0 Å². The van der Waals surface area contributed by atoms with Gasteiger partial charge in [0.05, 0.1) is 34.4 Å². The van der Waals surface area contributed by atoms with Crippen molar-refractivity contribution in [1.29, 1.82) is 0 Å². The van der Waals surface area contributed by atoms with Gasteiger partial charge in [0.15, 0.2) is 11.5 Å². The van der Waals surface area contributed by atoms with E-state index in [1.165, 1.54) is 21.3 Å². The van der Waals surface area contributed by atoms with E-state index < -0.39 is 5.92 Å². The SMILES string of the molecule is COc1ccc(C(=O)NCCC2C=c3c(OC)ccc(OC)c3=NC2=O)cc1OC. The highest BCUT2D eigenvalue weighted by Crippen LogP contribution is 2.27. The Hall–Kier alpha value is -3.55. The van der Waals surface area contributed by atoms with Crippen LogP contribution in [0.4, 0.5) is 0 Å². The highest BCUT2D eigenvalue weighted by Gasteiger charge is 2.21. The van der Waals surface area contributed by atoms with Crippen molar-refractivity contribution in [3.63, 3.8) is 0 Å². The normalized spacial score (nSPS) is 14.7. The maximum Gasteiger partial charge on any atom is 0.253 e. The Morgan fingerprint density at radius 2 is 1.57 bits per heavy atom. The predicted octanol–water partition coefficient (Wildman–Crippen LogP) is 1.10. The quantitative estimate of drug-likeness (QED) is 0.698. The summed E-state index contributed by atoms with van der Waals surface area (Å²) in [4.78, 5) is 29.1. The molecule has 158 valence electrons. The van der Waals surface area contributed by atoms with Gasteiger partial charge < -0.3 is 24.3 Å². The van der Waals surface area contributed by atoms with Crippen LogP contribution < -0.4 is 34.8 Å². The smallest absolute Gasteiger partial charge is 0.253 e. The summed E-state index contributed by atoms with van der Waals surface area (Å²) >= 11 is 0. The summed E-state index contributed by atoms with van der Waals surface area (Å²) < 4.78 is 21.1. The lowest BCUT2D eigenvalue weighted by atomic mass is 9.99. The standard InChI is InChI=1S/C22H24N2O6/c1-27-16-7-8-18(29-3)20-15(16)11-14(22(26)24-20)9-10-23-21(25)13-5-6-17(28-2)19(12-13)30-4/h5-8,11-12,14H,9-10H2,1-4H3,(H,23,25). The van der Waals surface area contributed by atoms with Crippen LogP contribution in [0.15, 0.2) is 35.3 Å². The van der Waals surface area contributed by atoms with E-state index >= 15 is 0 Å². The summed E-state index contributed by atoms with van der Waals surface area (Å²) in [7, 11) is 6.13. The molecule has 30 heavy (non-hydrogen) atoms. The summed E-state index contributed by atoms with van der Waals surface area (Å²) in [5, 5.41) is 4.01. The van der Waals surface area contributed by atoms with Gasteiger partial charge in [-0.25, -0.2) is 4.99 Å². The Kier molecular flexibility index (Phi) is 6.56. The predicted molar refractivity (Wildman–Crippen MR) is 110 cm³/mol. The van der Waals surface area contributed by atoms with Crippen molar-refractivity contribution >= 4 is 17.9 Å². The molecule has 1 unspecified atom stereocenters. The fourth-order valence-corrected chi connectivity index (χ4v) is 3.28. The van der Waals surface area contributed by atoms with Crippen molar-refractivity contribution in [3.8, 4) is 23.0 Å². The Labute approximate surface area is 174 Å². The number of benzene rings is 2. The number of nitrogens with zero attached hydrogens (tertiary/aromatic N) is 1. The lowest BCUT2D eigenvalue weighted by Crippen LogP contribution is -2.37. The number of ether oxygens (including phenoxy) is 4. The van der Waals surface area contributed by atoms with E-state index in [9.17, 15) is 9.59 Å².